The number of carbonyl (C=O) groups excluding carboxylic acids is 3. The Morgan fingerprint density at radius 1 is 0.886 bits per heavy atom. The molecule has 0 spiro atoms. The lowest BCUT2D eigenvalue weighted by molar-refractivity contribution is -0.122. The Morgan fingerprint density at radius 2 is 1.60 bits per heavy atom. The number of benzene rings is 3. The molecule has 1 N–H and O–H groups in total. The van der Waals surface area contributed by atoms with Gasteiger partial charge >= 0.3 is 6.03 Å². The lowest BCUT2D eigenvalue weighted by atomic mass is 10.1. The molecule has 3 aromatic carbocycles. The summed E-state index contributed by atoms with van der Waals surface area (Å²) in [6, 6.07) is 22.7. The van der Waals surface area contributed by atoms with E-state index in [1.165, 1.54) is 6.08 Å². The normalized spacial score (nSPS) is 15.1. The Morgan fingerprint density at radius 3 is 2.37 bits per heavy atom. The van der Waals surface area contributed by atoms with Crippen molar-refractivity contribution in [3.05, 3.63) is 101 Å². The average molecular weight is 486 g/mol. The van der Waals surface area contributed by atoms with Crippen molar-refractivity contribution >= 4 is 52.1 Å². The largest absolute Gasteiger partial charge is 0.492 e. The van der Waals surface area contributed by atoms with Crippen LogP contribution in [0.15, 0.2) is 90.6 Å². The van der Waals surface area contributed by atoms with Crippen molar-refractivity contribution in [1.82, 2.24) is 9.88 Å². The predicted octanol–water partition coefficient (Wildman–Crippen LogP) is 5.04. The van der Waals surface area contributed by atoms with Gasteiger partial charge in [-0.25, -0.2) is 9.69 Å². The molecule has 1 aromatic heterocycles. The molecule has 0 bridgehead atoms. The second-order valence-electron chi connectivity index (χ2n) is 7.89. The molecule has 4 amide bonds. The van der Waals surface area contributed by atoms with Crippen molar-refractivity contribution in [1.29, 1.82) is 0 Å². The molecule has 4 aromatic rings. The quantitative estimate of drug-likeness (QED) is 0.306. The first kappa shape index (κ1) is 22.4. The smallest absolute Gasteiger partial charge is 0.335 e. The van der Waals surface area contributed by atoms with E-state index in [-0.39, 0.29) is 5.57 Å². The molecule has 0 atom stereocenters. The summed E-state index contributed by atoms with van der Waals surface area (Å²) < 4.78 is 7.84. The molecule has 5 rings (SSSR count). The molecule has 2 heterocycles. The van der Waals surface area contributed by atoms with Crippen LogP contribution in [0.4, 0.5) is 10.5 Å². The summed E-state index contributed by atoms with van der Waals surface area (Å²) in [7, 11) is 0. The number of halogens is 1. The highest BCUT2D eigenvalue weighted by Crippen LogP contribution is 2.27. The van der Waals surface area contributed by atoms with E-state index in [0.29, 0.717) is 29.4 Å². The molecule has 35 heavy (non-hydrogen) atoms. The fraction of sp³-hybridized carbons (Fsp3) is 0.0741. The van der Waals surface area contributed by atoms with E-state index in [0.717, 1.165) is 21.6 Å². The van der Waals surface area contributed by atoms with Crippen LogP contribution < -0.4 is 15.0 Å². The first-order valence-electron chi connectivity index (χ1n) is 10.9. The number of ether oxygens (including phenoxy) is 1. The minimum Gasteiger partial charge on any atom is -0.492 e. The van der Waals surface area contributed by atoms with Gasteiger partial charge in [0.05, 0.1) is 12.2 Å². The van der Waals surface area contributed by atoms with Gasteiger partial charge in [-0.15, -0.1) is 0 Å². The number of nitrogens with zero attached hydrogens (tertiary/aromatic N) is 2. The first-order chi connectivity index (χ1) is 17.0. The van der Waals surface area contributed by atoms with Gasteiger partial charge in [-0.2, -0.15) is 0 Å². The molecular formula is C27H20ClN3O4. The van der Waals surface area contributed by atoms with E-state index in [4.69, 9.17) is 16.3 Å². The third-order valence-corrected chi connectivity index (χ3v) is 5.90. The first-order valence-corrected chi connectivity index (χ1v) is 11.3. The van der Waals surface area contributed by atoms with Crippen LogP contribution in [-0.4, -0.2) is 29.0 Å². The van der Waals surface area contributed by atoms with Crippen LogP contribution in [0.5, 0.6) is 5.75 Å². The Kier molecular flexibility index (Phi) is 6.08. The van der Waals surface area contributed by atoms with E-state index in [2.05, 4.69) is 5.32 Å². The third-order valence-electron chi connectivity index (χ3n) is 5.65. The van der Waals surface area contributed by atoms with E-state index in [9.17, 15) is 14.4 Å². The van der Waals surface area contributed by atoms with Crippen LogP contribution in [-0.2, 0) is 16.1 Å². The Bertz CT molecular complexity index is 1460. The molecule has 7 nitrogen and oxygen atoms in total. The fourth-order valence-corrected chi connectivity index (χ4v) is 4.12. The number of hydrogen-bond donors (Lipinski definition) is 1. The zero-order valence-corrected chi connectivity index (χ0v) is 19.2. The number of para-hydroxylation sites is 2. The number of urea groups is 1. The number of carbonyl (C=O) groups is 3. The lowest BCUT2D eigenvalue weighted by Crippen LogP contribution is -2.54. The zero-order chi connectivity index (χ0) is 24.4. The molecule has 0 saturated carbocycles. The van der Waals surface area contributed by atoms with Gasteiger partial charge in [-0.3, -0.25) is 14.9 Å². The lowest BCUT2D eigenvalue weighted by Gasteiger charge is -2.26. The average Bonchev–Trinajstić information content (AvgIpc) is 3.21. The number of hydrogen-bond acceptors (Lipinski definition) is 4. The standard InChI is InChI=1S/C27H20ClN3O4/c28-19-10-12-20(13-11-19)31-26(33)23(25(32)29-27(31)34)16-18-17-30(24-9-5-4-8-22(18)24)14-15-35-21-6-2-1-3-7-21/h1-13,16-17H,14-15H2,(H,29,32,34)/b23-16-. The monoisotopic (exact) mass is 485 g/mol. The van der Waals surface area contributed by atoms with Crippen molar-refractivity contribution in [2.75, 3.05) is 11.5 Å². The third kappa shape index (κ3) is 4.54. The summed E-state index contributed by atoms with van der Waals surface area (Å²) in [4.78, 5) is 39.2. The minimum absolute atomic E-state index is 0.136. The second-order valence-corrected chi connectivity index (χ2v) is 8.33. The molecule has 1 saturated heterocycles. The number of barbiturate groups is 1. The molecule has 0 radical (unpaired) electrons. The van der Waals surface area contributed by atoms with Crippen LogP contribution in [0.2, 0.25) is 5.02 Å². The van der Waals surface area contributed by atoms with E-state index < -0.39 is 17.8 Å². The SMILES string of the molecule is O=C1NC(=O)N(c2ccc(Cl)cc2)C(=O)/C1=C\c1cn(CCOc2ccccc2)c2ccccc12. The van der Waals surface area contributed by atoms with E-state index >= 15 is 0 Å². The number of amides is 4. The van der Waals surface area contributed by atoms with Gasteiger partial charge in [0.2, 0.25) is 0 Å². The Hall–Kier alpha value is -4.36. The van der Waals surface area contributed by atoms with E-state index in [1.54, 1.807) is 24.3 Å². The minimum atomic E-state index is -0.806. The summed E-state index contributed by atoms with van der Waals surface area (Å²) in [5.74, 6) is -0.664. The molecular weight excluding hydrogens is 466 g/mol. The summed E-state index contributed by atoms with van der Waals surface area (Å²) >= 11 is 5.93. The molecule has 0 aliphatic carbocycles. The van der Waals surface area contributed by atoms with Gasteiger partial charge in [0.15, 0.2) is 0 Å². The second kappa shape index (κ2) is 9.48. The van der Waals surface area contributed by atoms with Gasteiger partial charge in [-0.05, 0) is 48.5 Å². The summed E-state index contributed by atoms with van der Waals surface area (Å²) in [6.45, 7) is 1.01. The van der Waals surface area contributed by atoms with E-state index in [1.807, 2.05) is 65.4 Å². The Balaban J connectivity index is 1.46. The highest BCUT2D eigenvalue weighted by molar-refractivity contribution is 6.39. The van der Waals surface area contributed by atoms with Crippen molar-refractivity contribution in [2.24, 2.45) is 0 Å². The summed E-state index contributed by atoms with van der Waals surface area (Å²) in [5, 5.41) is 3.59. The number of imide groups is 2. The molecule has 0 unspecified atom stereocenters. The topological polar surface area (TPSA) is 80.6 Å². The van der Waals surface area contributed by atoms with Crippen LogP contribution in [0.25, 0.3) is 17.0 Å². The molecule has 8 heteroatoms. The molecule has 1 aliphatic rings. The maximum absolute atomic E-state index is 13.2. The summed E-state index contributed by atoms with van der Waals surface area (Å²) in [6.07, 6.45) is 3.39. The van der Waals surface area contributed by atoms with Crippen molar-refractivity contribution in [3.8, 4) is 5.75 Å². The Labute approximate surface area is 206 Å². The van der Waals surface area contributed by atoms with Crippen molar-refractivity contribution in [3.63, 3.8) is 0 Å². The number of fused-ring (bicyclic) bond motifs is 1. The predicted molar refractivity (Wildman–Crippen MR) is 134 cm³/mol. The maximum Gasteiger partial charge on any atom is 0.335 e. The highest BCUT2D eigenvalue weighted by Gasteiger charge is 2.37. The van der Waals surface area contributed by atoms with Gasteiger partial charge in [0, 0.05) is 27.7 Å². The van der Waals surface area contributed by atoms with Crippen molar-refractivity contribution in [2.45, 2.75) is 6.54 Å². The van der Waals surface area contributed by atoms with Crippen LogP contribution in [0, 0.1) is 0 Å². The molecule has 174 valence electrons. The van der Waals surface area contributed by atoms with Gasteiger partial charge in [0.25, 0.3) is 11.8 Å². The van der Waals surface area contributed by atoms with Crippen LogP contribution >= 0.6 is 11.6 Å². The summed E-state index contributed by atoms with van der Waals surface area (Å²) in [5.41, 5.74) is 1.80. The van der Waals surface area contributed by atoms with Crippen molar-refractivity contribution < 1.29 is 19.1 Å². The number of nitrogens with one attached hydrogen (secondary N) is 1. The van der Waals surface area contributed by atoms with Gasteiger partial charge < -0.3 is 9.30 Å². The zero-order valence-electron chi connectivity index (χ0n) is 18.5. The highest BCUT2D eigenvalue weighted by atomic mass is 35.5. The molecule has 1 aliphatic heterocycles. The van der Waals surface area contributed by atoms with Gasteiger partial charge in [0.1, 0.15) is 17.9 Å². The van der Waals surface area contributed by atoms with Crippen LogP contribution in [0.1, 0.15) is 5.56 Å². The molecule has 1 fully saturated rings. The number of anilines is 1. The number of aromatic nitrogens is 1. The fourth-order valence-electron chi connectivity index (χ4n) is 3.99. The van der Waals surface area contributed by atoms with Gasteiger partial charge in [-0.1, -0.05) is 48.0 Å². The maximum atomic E-state index is 13.2. The number of rotatable bonds is 6. The van der Waals surface area contributed by atoms with Crippen LogP contribution in [0.3, 0.4) is 0 Å².